The summed E-state index contributed by atoms with van der Waals surface area (Å²) in [5.74, 6) is 0.781. The van der Waals surface area contributed by atoms with Gasteiger partial charge in [-0.05, 0) is 11.8 Å². The summed E-state index contributed by atoms with van der Waals surface area (Å²) in [5, 5.41) is -0.161. The molecule has 0 heterocycles. The first kappa shape index (κ1) is 15.5. The number of hydrogen-bond donors (Lipinski definition) is 0. The zero-order valence-electron chi connectivity index (χ0n) is 8.67. The van der Waals surface area contributed by atoms with Gasteiger partial charge in [-0.15, -0.1) is 0 Å². The predicted octanol–water partition coefficient (Wildman–Crippen LogP) is -1.41. The van der Waals surface area contributed by atoms with Gasteiger partial charge in [-0.3, -0.25) is 0 Å². The summed E-state index contributed by atoms with van der Waals surface area (Å²) >= 11 is 1.21. The molecule has 0 unspecified atom stereocenters. The van der Waals surface area contributed by atoms with E-state index >= 15 is 0 Å². The van der Waals surface area contributed by atoms with Gasteiger partial charge in [0.25, 0.3) is 0 Å². The number of quaternary nitrogens is 1. The van der Waals surface area contributed by atoms with E-state index in [9.17, 15) is 4.79 Å². The van der Waals surface area contributed by atoms with Crippen LogP contribution in [0.5, 0.6) is 0 Å². The molecule has 0 aliphatic heterocycles. The average molecular weight is 228 g/mol. The average Bonchev–Trinajstić information content (AvgIpc) is 1.84. The fraction of sp³-hybridized carbons (Fsp3) is 0.875. The van der Waals surface area contributed by atoms with Crippen molar-refractivity contribution in [3.05, 3.63) is 0 Å². The summed E-state index contributed by atoms with van der Waals surface area (Å²) in [4.78, 5) is 10.9. The number of ether oxygens (including phenoxy) is 1. The van der Waals surface area contributed by atoms with Crippen LogP contribution in [-0.2, 0) is 4.74 Å². The van der Waals surface area contributed by atoms with Gasteiger partial charge < -0.3 is 21.6 Å². The number of thioether (sulfide) groups is 1. The van der Waals surface area contributed by atoms with Crippen LogP contribution in [0.3, 0.4) is 0 Å². The second-order valence-electron chi connectivity index (χ2n) is 3.55. The molecule has 0 saturated carbocycles. The summed E-state index contributed by atoms with van der Waals surface area (Å²) in [6.45, 7) is 3.30. The SMILES string of the molecule is CCSC(=O)OCC[N+](C)(C)C.[Cl-]. The van der Waals surface area contributed by atoms with Gasteiger partial charge in [-0.2, -0.15) is 0 Å². The Kier molecular flexibility index (Phi) is 8.93. The molecule has 3 nitrogen and oxygen atoms in total. The molecule has 0 rings (SSSR count). The molecule has 0 bridgehead atoms. The maximum absolute atomic E-state index is 10.9. The largest absolute Gasteiger partial charge is 1.00 e. The standard InChI is InChI=1S/C8H18NO2S.ClH/c1-5-12-8(10)11-7-6-9(2,3)4;/h5-7H2,1-4H3;1H/q+1;/p-1. The van der Waals surface area contributed by atoms with Crippen molar-refractivity contribution < 1.29 is 26.4 Å². The molecule has 0 amide bonds. The van der Waals surface area contributed by atoms with E-state index in [0.29, 0.717) is 6.61 Å². The van der Waals surface area contributed by atoms with E-state index in [4.69, 9.17) is 4.74 Å². The lowest BCUT2D eigenvalue weighted by Crippen LogP contribution is -3.00. The highest BCUT2D eigenvalue weighted by Gasteiger charge is 2.08. The van der Waals surface area contributed by atoms with Crippen LogP contribution >= 0.6 is 11.8 Å². The molecule has 80 valence electrons. The summed E-state index contributed by atoms with van der Waals surface area (Å²) < 4.78 is 5.79. The lowest BCUT2D eigenvalue weighted by molar-refractivity contribution is -0.870. The minimum absolute atomic E-state index is 0. The van der Waals surface area contributed by atoms with E-state index < -0.39 is 0 Å². The summed E-state index contributed by atoms with van der Waals surface area (Å²) in [6.07, 6.45) is 0. The Labute approximate surface area is 90.8 Å². The van der Waals surface area contributed by atoms with Crippen molar-refractivity contribution in [2.75, 3.05) is 40.0 Å². The molecule has 0 aliphatic carbocycles. The molecule has 0 atom stereocenters. The highest BCUT2D eigenvalue weighted by atomic mass is 35.5. The van der Waals surface area contributed by atoms with Crippen molar-refractivity contribution in [3.8, 4) is 0 Å². The molecule has 5 heteroatoms. The first-order chi connectivity index (χ1) is 5.45. The van der Waals surface area contributed by atoms with Gasteiger partial charge in [0.1, 0.15) is 13.2 Å². The third-order valence-corrected chi connectivity index (χ3v) is 1.89. The van der Waals surface area contributed by atoms with Crippen molar-refractivity contribution in [1.82, 2.24) is 0 Å². The fourth-order valence-electron chi connectivity index (χ4n) is 0.562. The number of hydrogen-bond acceptors (Lipinski definition) is 3. The van der Waals surface area contributed by atoms with E-state index in [1.165, 1.54) is 11.8 Å². The summed E-state index contributed by atoms with van der Waals surface area (Å²) in [6, 6.07) is 0. The van der Waals surface area contributed by atoms with Gasteiger partial charge in [0.2, 0.25) is 0 Å². The van der Waals surface area contributed by atoms with Crippen LogP contribution < -0.4 is 12.4 Å². The van der Waals surface area contributed by atoms with Crippen LogP contribution in [0.2, 0.25) is 0 Å². The Hall–Kier alpha value is 0.0700. The van der Waals surface area contributed by atoms with Crippen molar-refractivity contribution in [1.29, 1.82) is 0 Å². The Morgan fingerprint density at radius 3 is 2.31 bits per heavy atom. The second kappa shape index (κ2) is 7.47. The zero-order chi connectivity index (χ0) is 9.61. The molecule has 0 aliphatic rings. The van der Waals surface area contributed by atoms with Gasteiger partial charge in [-0.1, -0.05) is 6.92 Å². The number of rotatable bonds is 4. The monoisotopic (exact) mass is 227 g/mol. The van der Waals surface area contributed by atoms with Gasteiger partial charge >= 0.3 is 5.30 Å². The first-order valence-corrected chi connectivity index (χ1v) is 5.04. The quantitative estimate of drug-likeness (QED) is 0.436. The van der Waals surface area contributed by atoms with Crippen LogP contribution in [-0.4, -0.2) is 49.8 Å². The minimum atomic E-state index is -0.161. The Morgan fingerprint density at radius 1 is 1.38 bits per heavy atom. The maximum Gasteiger partial charge on any atom is 0.367 e. The third-order valence-electron chi connectivity index (χ3n) is 1.24. The smallest absolute Gasteiger partial charge is 0.367 e. The van der Waals surface area contributed by atoms with Gasteiger partial charge in [0.05, 0.1) is 21.1 Å². The highest BCUT2D eigenvalue weighted by Crippen LogP contribution is 2.03. The molecule has 0 radical (unpaired) electrons. The zero-order valence-corrected chi connectivity index (χ0v) is 10.2. The van der Waals surface area contributed by atoms with Crippen LogP contribution in [0.15, 0.2) is 0 Å². The molecule has 0 aromatic rings. The lowest BCUT2D eigenvalue weighted by Gasteiger charge is -2.23. The molecule has 0 N–H and O–H groups in total. The topological polar surface area (TPSA) is 26.3 Å². The summed E-state index contributed by atoms with van der Waals surface area (Å²) in [5.41, 5.74) is 0. The van der Waals surface area contributed by atoms with Crippen LogP contribution in [0.1, 0.15) is 6.92 Å². The second-order valence-corrected chi connectivity index (χ2v) is 4.74. The van der Waals surface area contributed by atoms with Crippen molar-refractivity contribution >= 4 is 17.1 Å². The molecule has 0 aromatic carbocycles. The van der Waals surface area contributed by atoms with Crippen molar-refractivity contribution in [3.63, 3.8) is 0 Å². The lowest BCUT2D eigenvalue weighted by atomic mass is 10.5. The third kappa shape index (κ3) is 12.1. The van der Waals surface area contributed by atoms with Gasteiger partial charge in [0, 0.05) is 5.75 Å². The maximum atomic E-state index is 10.9. The number of likely N-dealkylation sites (N-methyl/N-ethyl adjacent to an activating group) is 1. The molecular weight excluding hydrogens is 210 g/mol. The molecule has 0 aromatic heterocycles. The molecule has 0 spiro atoms. The fourth-order valence-corrected chi connectivity index (χ4v) is 0.965. The Morgan fingerprint density at radius 2 is 1.92 bits per heavy atom. The van der Waals surface area contributed by atoms with Gasteiger partial charge in [-0.25, -0.2) is 4.79 Å². The molecular formula is C8H18ClNO2S. The van der Waals surface area contributed by atoms with E-state index in [1.54, 1.807) is 0 Å². The first-order valence-electron chi connectivity index (χ1n) is 4.05. The van der Waals surface area contributed by atoms with Crippen molar-refractivity contribution in [2.45, 2.75) is 6.92 Å². The van der Waals surface area contributed by atoms with Crippen LogP contribution in [0.4, 0.5) is 4.79 Å². The number of halogens is 1. The molecule has 0 fully saturated rings. The van der Waals surface area contributed by atoms with Crippen LogP contribution in [0, 0.1) is 0 Å². The van der Waals surface area contributed by atoms with Gasteiger partial charge in [0.15, 0.2) is 0 Å². The Bertz CT molecular complexity index is 148. The van der Waals surface area contributed by atoms with E-state index in [0.717, 1.165) is 16.8 Å². The number of nitrogens with zero attached hydrogens (tertiary/aromatic N) is 1. The highest BCUT2D eigenvalue weighted by molar-refractivity contribution is 8.13. The summed E-state index contributed by atoms with van der Waals surface area (Å²) in [7, 11) is 6.21. The van der Waals surface area contributed by atoms with E-state index in [-0.39, 0.29) is 17.7 Å². The number of carbonyl (C=O) groups is 1. The Balaban J connectivity index is 0. The minimum Gasteiger partial charge on any atom is -1.00 e. The van der Waals surface area contributed by atoms with E-state index in [2.05, 4.69) is 21.1 Å². The number of carbonyl (C=O) groups excluding carboxylic acids is 1. The van der Waals surface area contributed by atoms with E-state index in [1.807, 2.05) is 6.92 Å². The molecule has 13 heavy (non-hydrogen) atoms. The predicted molar refractivity (Wildman–Crippen MR) is 52.4 cm³/mol. The molecule has 0 saturated heterocycles. The normalized spacial score (nSPS) is 10.5. The van der Waals surface area contributed by atoms with Crippen LogP contribution in [0.25, 0.3) is 0 Å². The van der Waals surface area contributed by atoms with Crippen molar-refractivity contribution in [2.24, 2.45) is 0 Å².